The van der Waals surface area contributed by atoms with Crippen LogP contribution < -0.4 is 5.32 Å². The highest BCUT2D eigenvalue weighted by Crippen LogP contribution is 2.18. The van der Waals surface area contributed by atoms with Gasteiger partial charge in [-0.1, -0.05) is 40.2 Å². The quantitative estimate of drug-likeness (QED) is 0.868. The summed E-state index contributed by atoms with van der Waals surface area (Å²) in [5.74, 6) is -0.139. The topological polar surface area (TPSA) is 12.0 Å². The Kier molecular flexibility index (Phi) is 4.37. The Labute approximate surface area is 115 Å². The standard InChI is InChI=1S/C15H15BrFN/c1-11(9-12-5-2-3-8-15(12)17)18-14-7-4-6-13(16)10-14/h2-8,10-11,18H,9H2,1H3. The second kappa shape index (κ2) is 6.01. The highest BCUT2D eigenvalue weighted by Gasteiger charge is 2.07. The molecular formula is C15H15BrFN. The van der Waals surface area contributed by atoms with E-state index in [-0.39, 0.29) is 11.9 Å². The normalized spacial score (nSPS) is 12.2. The summed E-state index contributed by atoms with van der Waals surface area (Å²) in [6.45, 7) is 2.05. The van der Waals surface area contributed by atoms with Gasteiger partial charge in [0.25, 0.3) is 0 Å². The van der Waals surface area contributed by atoms with Gasteiger partial charge < -0.3 is 5.32 Å². The number of hydrogen-bond acceptors (Lipinski definition) is 1. The molecule has 1 N–H and O–H groups in total. The summed E-state index contributed by atoms with van der Waals surface area (Å²) in [5.41, 5.74) is 1.78. The van der Waals surface area contributed by atoms with Gasteiger partial charge in [-0.25, -0.2) is 4.39 Å². The summed E-state index contributed by atoms with van der Waals surface area (Å²) in [7, 11) is 0. The number of hydrogen-bond donors (Lipinski definition) is 1. The zero-order valence-electron chi connectivity index (χ0n) is 10.2. The number of rotatable bonds is 4. The van der Waals surface area contributed by atoms with Crippen molar-refractivity contribution < 1.29 is 4.39 Å². The van der Waals surface area contributed by atoms with Crippen molar-refractivity contribution in [2.24, 2.45) is 0 Å². The van der Waals surface area contributed by atoms with Gasteiger partial charge in [-0.3, -0.25) is 0 Å². The van der Waals surface area contributed by atoms with Crippen LogP contribution in [0.25, 0.3) is 0 Å². The Balaban J connectivity index is 2.01. The molecule has 1 atom stereocenters. The highest BCUT2D eigenvalue weighted by molar-refractivity contribution is 9.10. The van der Waals surface area contributed by atoms with Crippen molar-refractivity contribution in [2.75, 3.05) is 5.32 Å². The molecule has 0 aromatic heterocycles. The molecule has 18 heavy (non-hydrogen) atoms. The maximum atomic E-state index is 13.5. The maximum absolute atomic E-state index is 13.5. The summed E-state index contributed by atoms with van der Waals surface area (Å²) >= 11 is 3.43. The smallest absolute Gasteiger partial charge is 0.126 e. The van der Waals surface area contributed by atoms with Crippen LogP contribution in [-0.2, 0) is 6.42 Å². The lowest BCUT2D eigenvalue weighted by atomic mass is 10.1. The van der Waals surface area contributed by atoms with Crippen molar-refractivity contribution in [1.29, 1.82) is 0 Å². The molecule has 1 nitrogen and oxygen atoms in total. The van der Waals surface area contributed by atoms with Crippen LogP contribution in [0.3, 0.4) is 0 Å². The van der Waals surface area contributed by atoms with Crippen LogP contribution in [0.15, 0.2) is 53.0 Å². The van der Waals surface area contributed by atoms with E-state index in [2.05, 4.69) is 21.2 Å². The highest BCUT2D eigenvalue weighted by atomic mass is 79.9. The van der Waals surface area contributed by atoms with E-state index in [9.17, 15) is 4.39 Å². The SMILES string of the molecule is CC(Cc1ccccc1F)Nc1cccc(Br)c1. The van der Waals surface area contributed by atoms with E-state index in [4.69, 9.17) is 0 Å². The fraction of sp³-hybridized carbons (Fsp3) is 0.200. The lowest BCUT2D eigenvalue weighted by molar-refractivity contribution is 0.601. The van der Waals surface area contributed by atoms with E-state index in [1.807, 2.05) is 43.3 Å². The minimum atomic E-state index is -0.139. The Hall–Kier alpha value is -1.35. The van der Waals surface area contributed by atoms with Gasteiger partial charge in [0.1, 0.15) is 5.82 Å². The van der Waals surface area contributed by atoms with Crippen LogP contribution in [0.5, 0.6) is 0 Å². The first-order valence-corrected chi connectivity index (χ1v) is 6.70. The van der Waals surface area contributed by atoms with Gasteiger partial charge in [0, 0.05) is 16.2 Å². The van der Waals surface area contributed by atoms with Crippen molar-refractivity contribution in [2.45, 2.75) is 19.4 Å². The van der Waals surface area contributed by atoms with Crippen molar-refractivity contribution in [1.82, 2.24) is 0 Å². The van der Waals surface area contributed by atoms with Crippen LogP contribution in [0, 0.1) is 5.82 Å². The largest absolute Gasteiger partial charge is 0.382 e. The van der Waals surface area contributed by atoms with Crippen molar-refractivity contribution >= 4 is 21.6 Å². The molecule has 0 bridgehead atoms. The number of nitrogens with one attached hydrogen (secondary N) is 1. The van der Waals surface area contributed by atoms with Gasteiger partial charge in [-0.15, -0.1) is 0 Å². The lowest BCUT2D eigenvalue weighted by Crippen LogP contribution is -2.18. The first kappa shape index (κ1) is 13.1. The first-order valence-electron chi connectivity index (χ1n) is 5.90. The van der Waals surface area contributed by atoms with Gasteiger partial charge in [0.05, 0.1) is 0 Å². The second-order valence-corrected chi connectivity index (χ2v) is 5.27. The predicted octanol–water partition coefficient (Wildman–Crippen LogP) is 4.63. The molecule has 0 saturated carbocycles. The molecule has 0 fully saturated rings. The van der Waals surface area contributed by atoms with E-state index in [0.717, 1.165) is 15.7 Å². The van der Waals surface area contributed by atoms with E-state index in [1.54, 1.807) is 6.07 Å². The van der Waals surface area contributed by atoms with E-state index in [1.165, 1.54) is 6.07 Å². The summed E-state index contributed by atoms with van der Waals surface area (Å²) in [5, 5.41) is 3.36. The monoisotopic (exact) mass is 307 g/mol. The third-order valence-corrected chi connectivity index (χ3v) is 3.21. The summed E-state index contributed by atoms with van der Waals surface area (Å²) in [4.78, 5) is 0. The van der Waals surface area contributed by atoms with E-state index >= 15 is 0 Å². The zero-order chi connectivity index (χ0) is 13.0. The van der Waals surface area contributed by atoms with Gasteiger partial charge in [0.15, 0.2) is 0 Å². The molecule has 2 aromatic rings. The molecule has 0 saturated heterocycles. The van der Waals surface area contributed by atoms with Crippen molar-refractivity contribution in [3.8, 4) is 0 Å². The van der Waals surface area contributed by atoms with Gasteiger partial charge in [-0.2, -0.15) is 0 Å². The average Bonchev–Trinajstić information content (AvgIpc) is 2.32. The number of halogens is 2. The first-order chi connectivity index (χ1) is 8.65. The molecule has 2 rings (SSSR count). The fourth-order valence-corrected chi connectivity index (χ4v) is 2.31. The minimum Gasteiger partial charge on any atom is -0.382 e. The van der Waals surface area contributed by atoms with E-state index in [0.29, 0.717) is 6.42 Å². The average molecular weight is 308 g/mol. The Morgan fingerprint density at radius 1 is 1.17 bits per heavy atom. The van der Waals surface area contributed by atoms with Crippen molar-refractivity contribution in [3.05, 3.63) is 64.4 Å². The third kappa shape index (κ3) is 3.57. The summed E-state index contributed by atoms with van der Waals surface area (Å²) in [6.07, 6.45) is 0.666. The van der Waals surface area contributed by atoms with Gasteiger partial charge >= 0.3 is 0 Å². The van der Waals surface area contributed by atoms with Crippen LogP contribution >= 0.6 is 15.9 Å². The summed E-state index contributed by atoms with van der Waals surface area (Å²) in [6, 6.07) is 15.1. The molecule has 0 spiro atoms. The van der Waals surface area contributed by atoms with Crippen LogP contribution in [-0.4, -0.2) is 6.04 Å². The molecular weight excluding hydrogens is 293 g/mol. The van der Waals surface area contributed by atoms with Crippen LogP contribution in [0.4, 0.5) is 10.1 Å². The molecule has 0 heterocycles. The summed E-state index contributed by atoms with van der Waals surface area (Å²) < 4.78 is 14.6. The molecule has 3 heteroatoms. The number of benzene rings is 2. The molecule has 1 unspecified atom stereocenters. The van der Waals surface area contributed by atoms with Gasteiger partial charge in [-0.05, 0) is 43.2 Å². The Morgan fingerprint density at radius 2 is 1.94 bits per heavy atom. The molecule has 0 aliphatic rings. The Morgan fingerprint density at radius 3 is 2.67 bits per heavy atom. The van der Waals surface area contributed by atoms with E-state index < -0.39 is 0 Å². The zero-order valence-corrected chi connectivity index (χ0v) is 11.7. The van der Waals surface area contributed by atoms with Gasteiger partial charge in [0.2, 0.25) is 0 Å². The predicted molar refractivity (Wildman–Crippen MR) is 77.3 cm³/mol. The van der Waals surface area contributed by atoms with Crippen molar-refractivity contribution in [3.63, 3.8) is 0 Å². The number of anilines is 1. The molecule has 0 aliphatic heterocycles. The maximum Gasteiger partial charge on any atom is 0.126 e. The lowest BCUT2D eigenvalue weighted by Gasteiger charge is -2.16. The van der Waals surface area contributed by atoms with Crippen LogP contribution in [0.1, 0.15) is 12.5 Å². The fourth-order valence-electron chi connectivity index (χ4n) is 1.91. The molecule has 0 aliphatic carbocycles. The molecule has 2 aromatic carbocycles. The molecule has 94 valence electrons. The minimum absolute atomic E-state index is 0.139. The Bertz CT molecular complexity index is 527. The third-order valence-electron chi connectivity index (χ3n) is 2.72. The molecule has 0 radical (unpaired) electrons. The molecule has 0 amide bonds. The second-order valence-electron chi connectivity index (χ2n) is 4.35. The van der Waals surface area contributed by atoms with Crippen LogP contribution in [0.2, 0.25) is 0 Å².